The molecule has 3 amide bonds. The van der Waals surface area contributed by atoms with Crippen LogP contribution >= 0.6 is 0 Å². The molecule has 0 fully saturated rings. The van der Waals surface area contributed by atoms with E-state index in [0.717, 1.165) is 17.1 Å². The van der Waals surface area contributed by atoms with Gasteiger partial charge in [-0.1, -0.05) is 0 Å². The molecule has 0 aliphatic carbocycles. The van der Waals surface area contributed by atoms with E-state index in [0.29, 0.717) is 0 Å². The van der Waals surface area contributed by atoms with Crippen molar-refractivity contribution in [2.24, 2.45) is 0 Å². The maximum Gasteiger partial charge on any atom is 0.408 e. The Morgan fingerprint density at radius 3 is 2.08 bits per heavy atom. The molecule has 0 aromatic rings. The van der Waals surface area contributed by atoms with E-state index in [1.807, 2.05) is 0 Å². The maximum absolute atomic E-state index is 12.3. The Bertz CT molecular complexity index is 560. The van der Waals surface area contributed by atoms with Crippen LogP contribution in [-0.2, 0) is 19.1 Å². The Morgan fingerprint density at radius 1 is 1.17 bits per heavy atom. The molecular weight excluding hydrogens is 327 g/mol. The molecule has 1 radical (unpaired) electrons. The molecule has 1 rings (SSSR count). The standard InChI is InChI=1S/C15H21N2O5.CH3.Al/c1-14(2,3)22-13(21)16-15(4,5)8-10(9-18)17-11(19)6-7-12(17)20;;/h6-7,10H,8H2,1-5H3,(H,16,21);1H3;. The maximum atomic E-state index is 12.3. The summed E-state index contributed by atoms with van der Waals surface area (Å²) in [6.45, 7) is 8.69. The molecule has 0 saturated heterocycles. The minimum atomic E-state index is -0.884. The van der Waals surface area contributed by atoms with Gasteiger partial charge in [0.05, 0.1) is 10.7 Å². The van der Waals surface area contributed by atoms with Gasteiger partial charge in [-0.25, -0.2) is 4.79 Å². The van der Waals surface area contributed by atoms with Crippen LogP contribution in [0.2, 0.25) is 5.79 Å². The molecule has 1 N–H and O–H groups in total. The summed E-state index contributed by atoms with van der Waals surface area (Å²) in [5, 5.41) is 2.70. The Balaban J connectivity index is 2.89. The lowest BCUT2D eigenvalue weighted by atomic mass is 9.95. The average Bonchev–Trinajstić information content (AvgIpc) is 2.72. The fraction of sp³-hybridized carbons (Fsp3) is 0.625. The second-order valence-corrected chi connectivity index (χ2v) is 8.45. The zero-order valence-corrected chi connectivity index (χ0v) is 16.2. The van der Waals surface area contributed by atoms with E-state index < -0.39 is 50.3 Å². The summed E-state index contributed by atoms with van der Waals surface area (Å²) in [4.78, 5) is 49.1. The highest BCUT2D eigenvalue weighted by Gasteiger charge is 2.38. The number of hydrogen-bond acceptors (Lipinski definition) is 5. The minimum Gasteiger partial charge on any atom is -0.444 e. The third-order valence-corrected chi connectivity index (χ3v) is 4.26. The van der Waals surface area contributed by atoms with Crippen LogP contribution in [0, 0.1) is 0 Å². The van der Waals surface area contributed by atoms with Crippen LogP contribution in [0.5, 0.6) is 0 Å². The molecule has 131 valence electrons. The van der Waals surface area contributed by atoms with Crippen molar-refractivity contribution in [3.63, 3.8) is 0 Å². The highest BCUT2D eigenvalue weighted by Crippen LogP contribution is 2.21. The van der Waals surface area contributed by atoms with E-state index in [1.165, 1.54) is 0 Å². The summed E-state index contributed by atoms with van der Waals surface area (Å²) in [5.74, 6) is 0.751. The van der Waals surface area contributed by atoms with Crippen molar-refractivity contribution in [3.05, 3.63) is 12.2 Å². The average molecular weight is 351 g/mol. The number of carbonyl (C=O) groups is 4. The Morgan fingerprint density at radius 2 is 1.67 bits per heavy atom. The summed E-state index contributed by atoms with van der Waals surface area (Å²) in [6.07, 6.45) is 1.83. The predicted molar refractivity (Wildman–Crippen MR) is 89.5 cm³/mol. The van der Waals surface area contributed by atoms with Crippen LogP contribution in [0.4, 0.5) is 4.79 Å². The molecule has 1 aliphatic rings. The molecular formula is C16H24AlN2O5. The number of rotatable bonds is 6. The van der Waals surface area contributed by atoms with Crippen LogP contribution < -0.4 is 5.32 Å². The quantitative estimate of drug-likeness (QED) is 0.574. The summed E-state index contributed by atoms with van der Waals surface area (Å²) in [7, 11) is 0. The summed E-state index contributed by atoms with van der Waals surface area (Å²) >= 11 is -0.567. The van der Waals surface area contributed by atoms with Crippen molar-refractivity contribution in [1.82, 2.24) is 10.2 Å². The molecule has 1 aliphatic heterocycles. The molecule has 1 atom stereocenters. The van der Waals surface area contributed by atoms with Gasteiger partial charge < -0.3 is 14.8 Å². The van der Waals surface area contributed by atoms with Crippen LogP contribution in [0.1, 0.15) is 41.0 Å². The van der Waals surface area contributed by atoms with Crippen LogP contribution in [0.3, 0.4) is 0 Å². The molecule has 0 saturated carbocycles. The van der Waals surface area contributed by atoms with Crippen molar-refractivity contribution in [2.75, 3.05) is 0 Å². The van der Waals surface area contributed by atoms with Crippen molar-refractivity contribution < 1.29 is 23.9 Å². The van der Waals surface area contributed by atoms with E-state index in [9.17, 15) is 19.2 Å². The third kappa shape index (κ3) is 5.77. The predicted octanol–water partition coefficient (Wildman–Crippen LogP) is 1.25. The number of ether oxygens (including phenoxy) is 1. The van der Waals surface area contributed by atoms with Gasteiger partial charge in [0, 0.05) is 17.7 Å². The Labute approximate surface area is 148 Å². The lowest BCUT2D eigenvalue weighted by Crippen LogP contribution is -2.54. The summed E-state index contributed by atoms with van der Waals surface area (Å²) in [5.41, 5.74) is -1.48. The van der Waals surface area contributed by atoms with Gasteiger partial charge in [-0.15, -0.1) is 5.79 Å². The molecule has 0 bridgehead atoms. The lowest BCUT2D eigenvalue weighted by Gasteiger charge is -2.34. The normalized spacial score (nSPS) is 16.2. The van der Waals surface area contributed by atoms with Gasteiger partial charge in [-0.3, -0.25) is 14.5 Å². The topological polar surface area (TPSA) is 92.8 Å². The number of hydrogen-bond donors (Lipinski definition) is 1. The first-order valence-electron chi connectivity index (χ1n) is 7.76. The van der Waals surface area contributed by atoms with E-state index >= 15 is 0 Å². The first kappa shape index (κ1) is 20.4. The Kier molecular flexibility index (Phi) is 6.37. The van der Waals surface area contributed by atoms with Crippen molar-refractivity contribution >= 4 is 37.8 Å². The van der Waals surface area contributed by atoms with Crippen molar-refractivity contribution in [2.45, 2.75) is 64.0 Å². The van der Waals surface area contributed by atoms with Gasteiger partial charge in [0.1, 0.15) is 5.60 Å². The Hall–Kier alpha value is -1.65. The molecule has 0 aromatic heterocycles. The van der Waals surface area contributed by atoms with E-state index in [2.05, 4.69) is 5.32 Å². The second-order valence-electron chi connectivity index (χ2n) is 7.30. The van der Waals surface area contributed by atoms with Gasteiger partial charge >= 0.3 is 21.3 Å². The number of alkyl carbamates (subject to hydrolysis) is 1. The van der Waals surface area contributed by atoms with Crippen molar-refractivity contribution in [1.29, 1.82) is 0 Å². The van der Waals surface area contributed by atoms with E-state index in [1.54, 1.807) is 40.4 Å². The summed E-state index contributed by atoms with van der Waals surface area (Å²) < 4.78 is 5.07. The van der Waals surface area contributed by atoms with E-state index in [4.69, 9.17) is 4.74 Å². The smallest absolute Gasteiger partial charge is 0.408 e. The zero-order valence-electron chi connectivity index (χ0n) is 15.0. The van der Waals surface area contributed by atoms with Gasteiger partial charge in [0.25, 0.3) is 11.8 Å². The SMILES string of the molecule is [CH3][Al][C](=O)C(CC(C)(C)NC(=O)OC(C)(C)C)N1C(=O)C=CC1=O. The van der Waals surface area contributed by atoms with Gasteiger partial charge in [-0.05, 0) is 41.0 Å². The number of nitrogens with zero attached hydrogens (tertiary/aromatic N) is 1. The van der Waals surface area contributed by atoms with Crippen LogP contribution in [0.25, 0.3) is 0 Å². The number of amides is 3. The molecule has 0 spiro atoms. The van der Waals surface area contributed by atoms with Crippen LogP contribution in [0.15, 0.2) is 12.2 Å². The molecule has 7 nitrogen and oxygen atoms in total. The first-order chi connectivity index (χ1) is 10.9. The van der Waals surface area contributed by atoms with Gasteiger partial charge in [0.2, 0.25) is 0 Å². The lowest BCUT2D eigenvalue weighted by molar-refractivity contribution is -0.143. The van der Waals surface area contributed by atoms with E-state index in [-0.39, 0.29) is 11.1 Å². The number of carbonyl (C=O) groups excluding carboxylic acids is 4. The number of nitrogens with one attached hydrogen (secondary N) is 1. The third-order valence-electron chi connectivity index (χ3n) is 3.31. The molecule has 1 unspecified atom stereocenters. The minimum absolute atomic E-state index is 0.130. The summed E-state index contributed by atoms with van der Waals surface area (Å²) in [6, 6.07) is -0.884. The zero-order chi connectivity index (χ0) is 18.7. The highest BCUT2D eigenvalue weighted by molar-refractivity contribution is 6.74. The number of imide groups is 1. The highest BCUT2D eigenvalue weighted by atomic mass is 27.1. The van der Waals surface area contributed by atoms with Gasteiger partial charge in [0.15, 0.2) is 0 Å². The second kappa shape index (κ2) is 7.49. The fourth-order valence-electron chi connectivity index (χ4n) is 2.34. The largest absolute Gasteiger partial charge is 0.444 e. The molecule has 1 heterocycles. The fourth-order valence-corrected chi connectivity index (χ4v) is 3.00. The van der Waals surface area contributed by atoms with Gasteiger partial charge in [-0.2, -0.15) is 0 Å². The molecule has 0 aromatic carbocycles. The van der Waals surface area contributed by atoms with Crippen molar-refractivity contribution in [3.8, 4) is 0 Å². The monoisotopic (exact) mass is 351 g/mol. The molecule has 8 heteroatoms. The van der Waals surface area contributed by atoms with Crippen LogP contribution in [-0.4, -0.2) is 59.9 Å². The molecule has 24 heavy (non-hydrogen) atoms. The first-order valence-corrected chi connectivity index (χ1v) is 9.49.